The number of nitrogens with zero attached hydrogens (tertiary/aromatic N) is 3. The molecule has 1 saturated carbocycles. The average Bonchev–Trinajstić information content (AvgIpc) is 3.43. The van der Waals surface area contributed by atoms with Crippen LogP contribution in [0, 0.1) is 13.8 Å². The van der Waals surface area contributed by atoms with Gasteiger partial charge in [0.2, 0.25) is 0 Å². The van der Waals surface area contributed by atoms with Crippen molar-refractivity contribution in [2.75, 3.05) is 14.2 Å². The van der Waals surface area contributed by atoms with Crippen molar-refractivity contribution in [2.45, 2.75) is 44.1 Å². The maximum Gasteiger partial charge on any atom is 0.435 e. The quantitative estimate of drug-likeness (QED) is 0.230. The summed E-state index contributed by atoms with van der Waals surface area (Å²) in [5.41, 5.74) is 1.04. The molecule has 0 amide bonds. The van der Waals surface area contributed by atoms with Gasteiger partial charge >= 0.3 is 6.18 Å². The Morgan fingerprint density at radius 3 is 1.83 bits per heavy atom. The van der Waals surface area contributed by atoms with E-state index >= 15 is 0 Å². The number of hydrogen-bond acceptors (Lipinski definition) is 5. The molecule has 5 rings (SSSR count). The van der Waals surface area contributed by atoms with Gasteiger partial charge in [0, 0.05) is 71.9 Å². The second-order valence-electron chi connectivity index (χ2n) is 9.89. The van der Waals surface area contributed by atoms with Crippen molar-refractivity contribution in [2.24, 2.45) is 0 Å². The van der Waals surface area contributed by atoms with Gasteiger partial charge in [-0.2, -0.15) is 18.3 Å². The van der Waals surface area contributed by atoms with Gasteiger partial charge < -0.3 is 24.3 Å². The number of hydrogen-bond donors (Lipinski definition) is 2. The number of phenols is 2. The molecule has 13 heteroatoms. The van der Waals surface area contributed by atoms with E-state index in [4.69, 9.17) is 44.3 Å². The summed E-state index contributed by atoms with van der Waals surface area (Å²) >= 11 is 18.5. The first-order valence-electron chi connectivity index (χ1n) is 12.4. The number of phenolic OH excluding ortho intramolecular Hbond substituents is 2. The summed E-state index contributed by atoms with van der Waals surface area (Å²) in [4.78, 5) is 0. The highest BCUT2D eigenvalue weighted by Crippen LogP contribution is 2.57. The van der Waals surface area contributed by atoms with Crippen LogP contribution in [-0.4, -0.2) is 51.0 Å². The topological polar surface area (TPSA) is 81.7 Å². The minimum absolute atomic E-state index is 0.00597. The molecule has 4 aromatic rings. The van der Waals surface area contributed by atoms with Gasteiger partial charge in [-0.25, -0.2) is 4.68 Å². The first-order valence-corrected chi connectivity index (χ1v) is 13.5. The fourth-order valence-electron chi connectivity index (χ4n) is 5.82. The summed E-state index contributed by atoms with van der Waals surface area (Å²) in [6.45, 7) is 3.77. The molecule has 2 aromatic heterocycles. The summed E-state index contributed by atoms with van der Waals surface area (Å²) in [5.74, 6) is -2.27. The zero-order chi connectivity index (χ0) is 30.0. The predicted octanol–water partition coefficient (Wildman–Crippen LogP) is 7.58. The Labute approximate surface area is 248 Å². The van der Waals surface area contributed by atoms with E-state index in [1.165, 1.54) is 44.7 Å². The first-order chi connectivity index (χ1) is 19.3. The number of aryl methyl sites for hydroxylation is 2. The van der Waals surface area contributed by atoms with Crippen LogP contribution in [0.3, 0.4) is 0 Å². The van der Waals surface area contributed by atoms with Crippen LogP contribution < -0.4 is 0 Å². The molecule has 2 atom stereocenters. The van der Waals surface area contributed by atoms with Gasteiger partial charge in [-0.1, -0.05) is 34.8 Å². The summed E-state index contributed by atoms with van der Waals surface area (Å²) < 4.78 is 57.0. The Morgan fingerprint density at radius 2 is 1.37 bits per heavy atom. The molecular weight excluding hydrogens is 606 g/mol. The normalized spacial score (nSPS) is 20.8. The number of aromatic hydroxyl groups is 2. The van der Waals surface area contributed by atoms with Crippen LogP contribution in [0.2, 0.25) is 15.1 Å². The minimum atomic E-state index is -4.84. The third-order valence-corrected chi connectivity index (χ3v) is 8.32. The zero-order valence-electron chi connectivity index (χ0n) is 22.2. The Bertz CT molecular complexity index is 1560. The lowest BCUT2D eigenvalue weighted by atomic mass is 9.62. The van der Waals surface area contributed by atoms with Crippen molar-refractivity contribution in [1.82, 2.24) is 14.3 Å². The Kier molecular flexibility index (Phi) is 7.76. The van der Waals surface area contributed by atoms with Crippen LogP contribution in [0.15, 0.2) is 42.6 Å². The van der Waals surface area contributed by atoms with Gasteiger partial charge in [0.1, 0.15) is 17.2 Å². The fourth-order valence-corrected chi connectivity index (χ4v) is 6.81. The maximum atomic E-state index is 14.3. The Hall–Kier alpha value is -2.89. The Morgan fingerprint density at radius 1 is 0.854 bits per heavy atom. The van der Waals surface area contributed by atoms with Gasteiger partial charge in [-0.3, -0.25) is 0 Å². The van der Waals surface area contributed by atoms with Crippen LogP contribution in [0.5, 0.6) is 11.5 Å². The van der Waals surface area contributed by atoms with Crippen molar-refractivity contribution in [3.63, 3.8) is 0 Å². The molecule has 2 aromatic carbocycles. The van der Waals surface area contributed by atoms with Crippen molar-refractivity contribution in [3.8, 4) is 22.9 Å². The van der Waals surface area contributed by atoms with Gasteiger partial charge in [0.15, 0.2) is 5.69 Å². The Balaban J connectivity index is 1.60. The zero-order valence-corrected chi connectivity index (χ0v) is 24.4. The molecule has 2 heterocycles. The lowest BCUT2D eigenvalue weighted by Gasteiger charge is -2.50. The second kappa shape index (κ2) is 10.7. The number of ether oxygens (including phenoxy) is 2. The molecule has 2 N–H and O–H groups in total. The lowest BCUT2D eigenvalue weighted by Crippen LogP contribution is -2.54. The van der Waals surface area contributed by atoms with E-state index < -0.39 is 35.9 Å². The lowest BCUT2D eigenvalue weighted by molar-refractivity contribution is -0.147. The number of halogens is 6. The average molecular weight is 631 g/mol. The van der Waals surface area contributed by atoms with E-state index in [2.05, 4.69) is 5.10 Å². The number of aromatic nitrogens is 3. The molecule has 0 saturated heterocycles. The second-order valence-corrected chi connectivity index (χ2v) is 11.1. The minimum Gasteiger partial charge on any atom is -0.507 e. The molecule has 0 spiro atoms. The molecule has 0 aliphatic heterocycles. The van der Waals surface area contributed by atoms with Crippen LogP contribution in [-0.2, 0) is 15.7 Å². The van der Waals surface area contributed by atoms with Crippen molar-refractivity contribution in [3.05, 3.63) is 85.9 Å². The highest BCUT2D eigenvalue weighted by molar-refractivity contribution is 6.40. The fraction of sp³-hybridized carbons (Fsp3) is 0.321. The van der Waals surface area contributed by atoms with E-state index in [9.17, 15) is 23.4 Å². The standard InChI is InChI=1S/C28H25Cl3F3N3O4/c1-12-5-6-13(2)37(12)15-9-19(38)22(20(39)10-15)23-25(40-3)21(26(23)41-4)16-11-36(35-27(16)28(32,33)34)24-17(30)7-14(29)8-18(24)31/h5-11,21,23,25-26,38-39H,1-4H3. The monoisotopic (exact) mass is 629 g/mol. The summed E-state index contributed by atoms with van der Waals surface area (Å²) in [6.07, 6.45) is -5.50. The third kappa shape index (κ3) is 4.95. The van der Waals surface area contributed by atoms with E-state index in [0.717, 1.165) is 16.1 Å². The molecule has 0 radical (unpaired) electrons. The van der Waals surface area contributed by atoms with Crippen molar-refractivity contribution in [1.29, 1.82) is 0 Å². The van der Waals surface area contributed by atoms with Gasteiger partial charge in [0.25, 0.3) is 0 Å². The molecule has 1 aliphatic carbocycles. The molecule has 41 heavy (non-hydrogen) atoms. The molecule has 218 valence electrons. The van der Waals surface area contributed by atoms with Crippen molar-refractivity contribution >= 4 is 34.8 Å². The van der Waals surface area contributed by atoms with Crippen LogP contribution >= 0.6 is 34.8 Å². The predicted molar refractivity (Wildman–Crippen MR) is 149 cm³/mol. The number of alkyl halides is 3. The highest BCUT2D eigenvalue weighted by atomic mass is 35.5. The highest BCUT2D eigenvalue weighted by Gasteiger charge is 2.57. The molecule has 2 unspecified atom stereocenters. The first kappa shape index (κ1) is 29.6. The summed E-state index contributed by atoms with van der Waals surface area (Å²) in [5, 5.41) is 26.2. The summed E-state index contributed by atoms with van der Waals surface area (Å²) in [7, 11) is 2.69. The van der Waals surface area contributed by atoms with E-state index in [0.29, 0.717) is 5.69 Å². The molecule has 7 nitrogen and oxygen atoms in total. The van der Waals surface area contributed by atoms with E-state index in [1.54, 1.807) is 0 Å². The van der Waals surface area contributed by atoms with Gasteiger partial charge in [-0.05, 0) is 38.1 Å². The van der Waals surface area contributed by atoms with Crippen LogP contribution in [0.1, 0.15) is 40.0 Å². The molecule has 0 bridgehead atoms. The summed E-state index contributed by atoms with van der Waals surface area (Å²) in [6, 6.07) is 9.48. The smallest absolute Gasteiger partial charge is 0.435 e. The number of methoxy groups -OCH3 is 2. The van der Waals surface area contributed by atoms with Crippen LogP contribution in [0.4, 0.5) is 13.2 Å². The van der Waals surface area contributed by atoms with E-state index in [1.807, 2.05) is 30.5 Å². The SMILES string of the molecule is COC1C(c2cn(-c3c(Cl)cc(Cl)cc3Cl)nc2C(F)(F)F)C(OC)C1c1c(O)cc(-n2c(C)ccc2C)cc1O. The van der Waals surface area contributed by atoms with Crippen molar-refractivity contribution < 1.29 is 32.9 Å². The molecular formula is C28H25Cl3F3N3O4. The molecule has 1 fully saturated rings. The number of rotatable bonds is 6. The van der Waals surface area contributed by atoms with Gasteiger partial charge in [0.05, 0.1) is 27.9 Å². The maximum absolute atomic E-state index is 14.3. The molecule has 1 aliphatic rings. The van der Waals surface area contributed by atoms with Gasteiger partial charge in [-0.15, -0.1) is 0 Å². The third-order valence-electron chi connectivity index (χ3n) is 7.52. The largest absolute Gasteiger partial charge is 0.507 e. The number of benzene rings is 2. The van der Waals surface area contributed by atoms with Crippen LogP contribution in [0.25, 0.3) is 11.4 Å². The van der Waals surface area contributed by atoms with E-state index in [-0.39, 0.29) is 43.4 Å².